The van der Waals surface area contributed by atoms with Crippen LogP contribution >= 0.6 is 23.2 Å². The van der Waals surface area contributed by atoms with Gasteiger partial charge in [-0.05, 0) is 47.5 Å². The largest absolute Gasteiger partial charge is 0.321 e. The predicted octanol–water partition coefficient (Wildman–Crippen LogP) is 10.1. The van der Waals surface area contributed by atoms with E-state index in [1.54, 1.807) is 60.7 Å². The van der Waals surface area contributed by atoms with Crippen molar-refractivity contribution in [1.29, 1.82) is 0 Å². The second kappa shape index (κ2) is 16.2. The normalized spacial score (nSPS) is 11.0. The van der Waals surface area contributed by atoms with Crippen LogP contribution in [0.4, 0.5) is 37.7 Å². The van der Waals surface area contributed by atoms with E-state index in [9.17, 15) is 35.9 Å². The topological polar surface area (TPSA) is 93.8 Å². The summed E-state index contributed by atoms with van der Waals surface area (Å²) in [5.41, 5.74) is 1.01. The lowest BCUT2D eigenvalue weighted by molar-refractivity contribution is 0.100. The fraction of sp³-hybridized carbons (Fsp3) is 0.111. The second-order valence-corrected chi connectivity index (χ2v) is 11.9. The number of para-hydroxylation sites is 2. The number of halogens is 8. The number of nitrogens with one attached hydrogen (secondary N) is 2. The molecule has 0 fully saturated rings. The molecule has 0 saturated carbocycles. The molecule has 0 bridgehead atoms. The van der Waals surface area contributed by atoms with Gasteiger partial charge in [0.15, 0.2) is 0 Å². The number of alkyl halides is 4. The Morgan fingerprint density at radius 1 is 0.615 bits per heavy atom. The zero-order chi connectivity index (χ0) is 37.7. The molecule has 52 heavy (non-hydrogen) atoms. The molecule has 0 saturated heterocycles. The maximum Gasteiger partial charge on any atom is 0.282 e. The Balaban J connectivity index is 0.000000201. The number of nitrogens with zero attached hydrogens (tertiary/aromatic N) is 4. The van der Waals surface area contributed by atoms with Gasteiger partial charge in [0.1, 0.15) is 23.0 Å². The average molecular weight is 760 g/mol. The van der Waals surface area contributed by atoms with E-state index in [2.05, 4.69) is 20.8 Å². The molecule has 0 aliphatic rings. The molecule has 268 valence electrons. The van der Waals surface area contributed by atoms with E-state index < -0.39 is 47.7 Å². The van der Waals surface area contributed by atoms with Crippen LogP contribution < -0.4 is 10.6 Å². The third-order valence-corrected chi connectivity index (χ3v) is 8.11. The first kappa shape index (κ1) is 37.7. The Morgan fingerprint density at radius 2 is 1.06 bits per heavy atom. The third kappa shape index (κ3) is 8.82. The van der Waals surface area contributed by atoms with Gasteiger partial charge in [-0.2, -0.15) is 10.2 Å². The molecular weight excluding hydrogens is 733 g/mol. The molecule has 0 aliphatic heterocycles. The van der Waals surface area contributed by atoms with Crippen LogP contribution in [0.15, 0.2) is 97.3 Å². The molecule has 2 aromatic heterocycles. The smallest absolute Gasteiger partial charge is 0.282 e. The minimum atomic E-state index is -2.91. The highest BCUT2D eigenvalue weighted by molar-refractivity contribution is 6.42. The number of hydrogen-bond donors (Lipinski definition) is 2. The number of benzene rings is 4. The summed E-state index contributed by atoms with van der Waals surface area (Å²) < 4.78 is 81.5. The van der Waals surface area contributed by atoms with Crippen LogP contribution in [0.2, 0.25) is 10.0 Å². The Bertz CT molecular complexity index is 2240. The number of hydrogen-bond acceptors (Lipinski definition) is 4. The van der Waals surface area contributed by atoms with Gasteiger partial charge in [-0.3, -0.25) is 19.0 Å². The second-order valence-electron chi connectivity index (χ2n) is 11.1. The zero-order valence-electron chi connectivity index (χ0n) is 27.0. The first-order valence-electron chi connectivity index (χ1n) is 15.1. The minimum absolute atomic E-state index is 0.175. The van der Waals surface area contributed by atoms with E-state index in [1.165, 1.54) is 37.2 Å². The van der Waals surface area contributed by atoms with Gasteiger partial charge in [0.05, 0.1) is 21.2 Å². The summed E-state index contributed by atoms with van der Waals surface area (Å²) in [5, 5.41) is 13.2. The molecule has 0 radical (unpaired) electrons. The molecule has 16 heteroatoms. The van der Waals surface area contributed by atoms with E-state index in [4.69, 9.17) is 23.2 Å². The molecule has 8 nitrogen and oxygen atoms in total. The van der Waals surface area contributed by atoms with E-state index in [-0.39, 0.29) is 22.4 Å². The Morgan fingerprint density at radius 3 is 1.50 bits per heavy atom. The minimum Gasteiger partial charge on any atom is -0.321 e. The number of aromatic nitrogens is 4. The molecule has 0 atom stereocenters. The van der Waals surface area contributed by atoms with Gasteiger partial charge in [0.2, 0.25) is 0 Å². The molecule has 6 rings (SSSR count). The van der Waals surface area contributed by atoms with Gasteiger partial charge in [0, 0.05) is 55.1 Å². The zero-order valence-corrected chi connectivity index (χ0v) is 28.5. The number of aryl methyl sites for hydroxylation is 2. The van der Waals surface area contributed by atoms with Gasteiger partial charge in [-0.1, -0.05) is 65.7 Å². The molecule has 0 unspecified atom stereocenters. The van der Waals surface area contributed by atoms with Crippen molar-refractivity contribution in [3.63, 3.8) is 0 Å². The van der Waals surface area contributed by atoms with E-state index in [0.29, 0.717) is 26.9 Å². The van der Waals surface area contributed by atoms with Crippen molar-refractivity contribution in [3.05, 3.63) is 142 Å². The fourth-order valence-electron chi connectivity index (χ4n) is 5.12. The number of carbonyl (C=O) groups excluding carboxylic acids is 2. The highest BCUT2D eigenvalue weighted by Gasteiger charge is 2.25. The van der Waals surface area contributed by atoms with Crippen LogP contribution in [0.5, 0.6) is 0 Å². The van der Waals surface area contributed by atoms with Gasteiger partial charge in [-0.15, -0.1) is 0 Å². The molecule has 6 aromatic rings. The number of rotatable bonds is 8. The van der Waals surface area contributed by atoms with Gasteiger partial charge < -0.3 is 10.6 Å². The van der Waals surface area contributed by atoms with Crippen molar-refractivity contribution in [2.24, 2.45) is 14.1 Å². The molecule has 2 heterocycles. The molecule has 2 N–H and O–H groups in total. The SMILES string of the molecule is Cn1cc(C(=O)Nc2ccccc2-c2cc(F)cc(F)c2)c(C(F)F)n1.Cn1cc(C(=O)Nc2ccccc2-c2ccc(Cl)c(Cl)c2)c(C(F)F)n1. The molecule has 4 aromatic carbocycles. The van der Waals surface area contributed by atoms with E-state index in [0.717, 1.165) is 28.4 Å². The monoisotopic (exact) mass is 758 g/mol. The van der Waals surface area contributed by atoms with E-state index >= 15 is 0 Å². The van der Waals surface area contributed by atoms with Crippen LogP contribution in [-0.4, -0.2) is 31.4 Å². The lowest BCUT2D eigenvalue weighted by Gasteiger charge is -2.12. The summed E-state index contributed by atoms with van der Waals surface area (Å²) >= 11 is 12.0. The average Bonchev–Trinajstić information content (AvgIpc) is 3.69. The predicted molar refractivity (Wildman–Crippen MR) is 186 cm³/mol. The first-order chi connectivity index (χ1) is 24.7. The summed E-state index contributed by atoms with van der Waals surface area (Å²) in [4.78, 5) is 24.9. The highest BCUT2D eigenvalue weighted by Crippen LogP contribution is 2.34. The Kier molecular flexibility index (Phi) is 11.7. The van der Waals surface area contributed by atoms with Crippen LogP contribution in [-0.2, 0) is 14.1 Å². The van der Waals surface area contributed by atoms with Crippen molar-refractivity contribution in [2.75, 3.05) is 10.6 Å². The number of amides is 2. The maximum atomic E-state index is 13.5. The summed E-state index contributed by atoms with van der Waals surface area (Å²) in [7, 11) is 2.90. The quantitative estimate of drug-likeness (QED) is 0.151. The fourth-order valence-corrected chi connectivity index (χ4v) is 5.42. The van der Waals surface area contributed by atoms with Crippen LogP contribution in [0.1, 0.15) is 45.0 Å². The molecular formula is C36H26Cl2F6N6O2. The summed E-state index contributed by atoms with van der Waals surface area (Å²) in [6, 6.07) is 21.3. The summed E-state index contributed by atoms with van der Waals surface area (Å²) in [5.74, 6) is -3.00. The Labute approximate surface area is 302 Å². The highest BCUT2D eigenvalue weighted by atomic mass is 35.5. The summed E-state index contributed by atoms with van der Waals surface area (Å²) in [6.07, 6.45) is -3.31. The van der Waals surface area contributed by atoms with Gasteiger partial charge in [-0.25, -0.2) is 26.3 Å². The maximum absolute atomic E-state index is 13.5. The third-order valence-electron chi connectivity index (χ3n) is 7.37. The van der Waals surface area contributed by atoms with Crippen molar-refractivity contribution in [1.82, 2.24) is 19.6 Å². The number of carbonyl (C=O) groups is 2. The van der Waals surface area contributed by atoms with Crippen molar-refractivity contribution in [3.8, 4) is 22.3 Å². The van der Waals surface area contributed by atoms with Crippen LogP contribution in [0, 0.1) is 11.6 Å². The lowest BCUT2D eigenvalue weighted by atomic mass is 10.0. The van der Waals surface area contributed by atoms with Crippen LogP contribution in [0.3, 0.4) is 0 Å². The molecule has 2 amide bonds. The van der Waals surface area contributed by atoms with Gasteiger partial charge >= 0.3 is 0 Å². The standard InChI is InChI=1S/C18H13Cl2F2N3O.C18H13F4N3O/c1-25-9-12(16(24-25)17(21)22)18(26)23-15-5-3-2-4-11(15)10-6-7-13(19)14(20)8-10;1-25-9-14(16(24-25)17(21)22)18(26)23-15-5-3-2-4-13(15)10-6-11(19)8-12(20)7-10/h2*2-9,17H,1H3,(H,23,26). The van der Waals surface area contributed by atoms with Crippen molar-refractivity contribution in [2.45, 2.75) is 12.9 Å². The van der Waals surface area contributed by atoms with Crippen molar-refractivity contribution >= 4 is 46.4 Å². The molecule has 0 aliphatic carbocycles. The number of anilines is 2. The first-order valence-corrected chi connectivity index (χ1v) is 15.8. The molecule has 0 spiro atoms. The van der Waals surface area contributed by atoms with Crippen LogP contribution in [0.25, 0.3) is 22.3 Å². The van der Waals surface area contributed by atoms with E-state index in [1.807, 2.05) is 0 Å². The van der Waals surface area contributed by atoms with Crippen molar-refractivity contribution < 1.29 is 35.9 Å². The van der Waals surface area contributed by atoms with Gasteiger partial charge in [0.25, 0.3) is 24.7 Å². The lowest BCUT2D eigenvalue weighted by Crippen LogP contribution is -2.14. The Hall–Kier alpha value is -5.60. The summed E-state index contributed by atoms with van der Waals surface area (Å²) in [6.45, 7) is 0.